The van der Waals surface area contributed by atoms with Gasteiger partial charge >= 0.3 is 0 Å². The Morgan fingerprint density at radius 3 is 1.05 bits per heavy atom. The van der Waals surface area contributed by atoms with Gasteiger partial charge in [0.1, 0.15) is 0 Å². The van der Waals surface area contributed by atoms with Gasteiger partial charge in [0, 0.05) is 85.6 Å². The van der Waals surface area contributed by atoms with E-state index in [0.29, 0.717) is 11.6 Å². The van der Waals surface area contributed by atoms with Crippen LogP contribution in [0.4, 0.5) is 0 Å². The zero-order valence-electron chi connectivity index (χ0n) is 44.2. The molecule has 0 radical (unpaired) electrons. The van der Waals surface area contributed by atoms with Crippen molar-refractivity contribution in [3.05, 3.63) is 300 Å². The Labute approximate surface area is 482 Å². The van der Waals surface area contributed by atoms with E-state index in [9.17, 15) is 0 Å². The van der Waals surface area contributed by atoms with Crippen LogP contribution in [0.15, 0.2) is 267 Å². The Morgan fingerprint density at radius 1 is 0.232 bits per heavy atom. The minimum atomic E-state index is 0.00790. The first-order valence-corrected chi connectivity index (χ1v) is 29.5. The highest BCUT2D eigenvalue weighted by atomic mass is 32.1. The van der Waals surface area contributed by atoms with Crippen molar-refractivity contribution in [3.63, 3.8) is 0 Å². The normalized spacial score (nSPS) is 14.1. The predicted octanol–water partition coefficient (Wildman–Crippen LogP) is 20.3. The van der Waals surface area contributed by atoms with Gasteiger partial charge in [-0.3, -0.25) is 0 Å². The van der Waals surface area contributed by atoms with Crippen LogP contribution in [0.1, 0.15) is 45.2 Å². The molecule has 6 heteroatoms. The second-order valence-electron chi connectivity index (χ2n) is 21.5. The zero-order chi connectivity index (χ0) is 53.8. The van der Waals surface area contributed by atoms with Crippen LogP contribution in [0.2, 0.25) is 0 Å². The van der Waals surface area contributed by atoms with E-state index in [0.717, 1.165) is 67.3 Å². The number of fused-ring (bicyclic) bond motifs is 6. The van der Waals surface area contributed by atoms with Gasteiger partial charge in [-0.1, -0.05) is 218 Å². The fourth-order valence-electron chi connectivity index (χ4n) is 13.3. The van der Waals surface area contributed by atoms with Crippen LogP contribution in [-0.2, 0) is 0 Å². The maximum Gasteiger partial charge on any atom is 0.160 e. The van der Waals surface area contributed by atoms with Crippen LogP contribution < -0.4 is 0 Å². The molecule has 0 spiro atoms. The molecule has 0 amide bonds. The van der Waals surface area contributed by atoms with Crippen molar-refractivity contribution in [2.45, 2.75) is 11.8 Å². The minimum absolute atomic E-state index is 0.00790. The fraction of sp³-hybridized carbons (Fsp3) is 0.0263. The van der Waals surface area contributed by atoms with Gasteiger partial charge in [0.05, 0.1) is 22.8 Å². The van der Waals surface area contributed by atoms with Crippen LogP contribution in [0.25, 0.3) is 130 Å². The second-order valence-corrected chi connectivity index (χ2v) is 23.7. The van der Waals surface area contributed by atoms with E-state index < -0.39 is 0 Å². The van der Waals surface area contributed by atoms with Crippen molar-refractivity contribution in [1.29, 1.82) is 0 Å². The highest BCUT2D eigenvalue weighted by molar-refractivity contribution is 7.26. The Bertz CT molecular complexity index is 4760. The van der Waals surface area contributed by atoms with Gasteiger partial charge in [-0.2, -0.15) is 0 Å². The molecule has 3 aliphatic carbocycles. The number of hydrogen-bond acceptors (Lipinski definition) is 6. The maximum atomic E-state index is 5.54. The summed E-state index contributed by atoms with van der Waals surface area (Å²) in [4.78, 5) is 21.9. The molecule has 0 saturated heterocycles. The summed E-state index contributed by atoms with van der Waals surface area (Å²) in [6.07, 6.45) is 0. The molecular formula is C76H46N4S2. The molecule has 0 N–H and O–H groups in total. The van der Waals surface area contributed by atoms with E-state index in [4.69, 9.17) is 19.9 Å². The van der Waals surface area contributed by atoms with E-state index in [2.05, 4.69) is 267 Å². The molecule has 3 aliphatic rings. The SMILES string of the molecule is c1ccc(-c2cc(-c3ccccc3-c3cccc4sc5ccccc5c34)nc(-c3ccc4c(c3)C3c5ccccc5C4c4cc(-c5nc(-c6ccccc6)cc(-c6ccccc6-c6cccc7sc8ccccc8c67)n5)ccc43)n2)cc1. The summed E-state index contributed by atoms with van der Waals surface area (Å²) in [5.74, 6) is 1.42. The number of aromatic nitrogens is 4. The third-order valence-corrected chi connectivity index (χ3v) is 19.2. The molecular weight excluding hydrogens is 1030 g/mol. The maximum absolute atomic E-state index is 5.54. The van der Waals surface area contributed by atoms with Crippen molar-refractivity contribution >= 4 is 63.0 Å². The molecule has 82 heavy (non-hydrogen) atoms. The first-order chi connectivity index (χ1) is 40.6. The Kier molecular flexibility index (Phi) is 10.8. The molecule has 4 heterocycles. The zero-order valence-corrected chi connectivity index (χ0v) is 45.8. The quantitative estimate of drug-likeness (QED) is 0.152. The molecule has 2 bridgehead atoms. The summed E-state index contributed by atoms with van der Waals surface area (Å²) < 4.78 is 5.13. The van der Waals surface area contributed by atoms with Crippen molar-refractivity contribution in [3.8, 4) is 90.1 Å². The van der Waals surface area contributed by atoms with E-state index in [-0.39, 0.29) is 11.8 Å². The summed E-state index contributed by atoms with van der Waals surface area (Å²) in [6, 6.07) is 96.7. The molecule has 2 unspecified atom stereocenters. The van der Waals surface area contributed by atoms with Gasteiger partial charge in [-0.25, -0.2) is 19.9 Å². The summed E-state index contributed by atoms with van der Waals surface area (Å²) in [5, 5.41) is 5.11. The predicted molar refractivity (Wildman–Crippen MR) is 342 cm³/mol. The molecule has 0 fully saturated rings. The van der Waals surface area contributed by atoms with Gasteiger partial charge in [-0.05, 0) is 104 Å². The molecule has 0 saturated carbocycles. The lowest BCUT2D eigenvalue weighted by Gasteiger charge is -2.42. The lowest BCUT2D eigenvalue weighted by molar-refractivity contribution is 0.754. The number of rotatable bonds is 8. The average Bonchev–Trinajstić information content (AvgIpc) is 3.87. The minimum Gasteiger partial charge on any atom is -0.228 e. The van der Waals surface area contributed by atoms with Crippen LogP contribution in [0.5, 0.6) is 0 Å². The molecule has 18 rings (SSSR count). The summed E-state index contributed by atoms with van der Waals surface area (Å²) >= 11 is 3.69. The average molecular weight is 1080 g/mol. The smallest absolute Gasteiger partial charge is 0.160 e. The van der Waals surface area contributed by atoms with Crippen LogP contribution >= 0.6 is 22.7 Å². The molecule has 4 nitrogen and oxygen atoms in total. The third-order valence-electron chi connectivity index (χ3n) is 16.9. The lowest BCUT2D eigenvalue weighted by atomic mass is 9.61. The molecule has 11 aromatic carbocycles. The van der Waals surface area contributed by atoms with Gasteiger partial charge in [0.2, 0.25) is 0 Å². The molecule has 4 aromatic heterocycles. The van der Waals surface area contributed by atoms with E-state index in [1.807, 2.05) is 22.7 Å². The monoisotopic (exact) mass is 1080 g/mol. The second kappa shape index (κ2) is 18.8. The summed E-state index contributed by atoms with van der Waals surface area (Å²) in [7, 11) is 0. The van der Waals surface area contributed by atoms with Gasteiger partial charge in [0.25, 0.3) is 0 Å². The number of thiophene rings is 2. The summed E-state index contributed by atoms with van der Waals surface area (Å²) in [5.41, 5.74) is 22.4. The van der Waals surface area contributed by atoms with Crippen LogP contribution in [0, 0.1) is 0 Å². The van der Waals surface area contributed by atoms with Gasteiger partial charge in [-0.15, -0.1) is 22.7 Å². The van der Waals surface area contributed by atoms with Gasteiger partial charge < -0.3 is 0 Å². The van der Waals surface area contributed by atoms with Crippen molar-refractivity contribution in [2.24, 2.45) is 0 Å². The van der Waals surface area contributed by atoms with Crippen LogP contribution in [-0.4, -0.2) is 19.9 Å². The highest BCUT2D eigenvalue weighted by Crippen LogP contribution is 2.57. The van der Waals surface area contributed by atoms with Crippen molar-refractivity contribution < 1.29 is 0 Å². The van der Waals surface area contributed by atoms with Crippen LogP contribution in [0.3, 0.4) is 0 Å². The molecule has 2 atom stereocenters. The Hall–Kier alpha value is -9.98. The van der Waals surface area contributed by atoms with E-state index >= 15 is 0 Å². The number of benzene rings is 11. The third kappa shape index (κ3) is 7.49. The molecule has 15 aromatic rings. The Balaban J connectivity index is 0.797. The first kappa shape index (κ1) is 46.9. The first-order valence-electron chi connectivity index (χ1n) is 27.9. The van der Waals surface area contributed by atoms with E-state index in [1.54, 1.807) is 0 Å². The standard InChI is InChI=1S/C76H46N4S2/c1-3-19-45(20-4-1)63-43-65(51-25-9-7-23-49(51)53-31-17-35-69-73(53)59-29-13-15-33-67(59)81-69)79-75(77-63)47-37-39-57-61(41-47)71-55-27-11-12-28-56(55)72(57)62-42-48(38-40-58(62)71)76-78-64(46-21-5-2-6-22-46)44-66(80-76)52-26-10-8-24-50(52)54-32-18-36-70-74(54)60-30-14-16-34-68(60)82-70/h1-44,71-72H. The fourth-order valence-corrected chi connectivity index (χ4v) is 15.6. The lowest BCUT2D eigenvalue weighted by Crippen LogP contribution is -2.27. The largest absolute Gasteiger partial charge is 0.228 e. The molecule has 382 valence electrons. The van der Waals surface area contributed by atoms with Crippen molar-refractivity contribution in [2.75, 3.05) is 0 Å². The molecule has 0 aliphatic heterocycles. The van der Waals surface area contributed by atoms with E-state index in [1.165, 1.54) is 84.9 Å². The van der Waals surface area contributed by atoms with Gasteiger partial charge in [0.15, 0.2) is 11.6 Å². The number of nitrogens with zero attached hydrogens (tertiary/aromatic N) is 4. The highest BCUT2D eigenvalue weighted by Gasteiger charge is 2.42. The number of hydrogen-bond donors (Lipinski definition) is 0. The topological polar surface area (TPSA) is 51.6 Å². The van der Waals surface area contributed by atoms with Crippen molar-refractivity contribution in [1.82, 2.24) is 19.9 Å². The Morgan fingerprint density at radius 2 is 0.585 bits per heavy atom. The summed E-state index contributed by atoms with van der Waals surface area (Å²) in [6.45, 7) is 0.